The van der Waals surface area contributed by atoms with Gasteiger partial charge in [0, 0.05) is 5.75 Å². The van der Waals surface area contributed by atoms with Gasteiger partial charge in [-0.3, -0.25) is 0 Å². The molecule has 2 atom stereocenters. The lowest BCUT2D eigenvalue weighted by Gasteiger charge is -2.15. The highest BCUT2D eigenvalue weighted by Gasteiger charge is 2.34. The normalized spacial score (nSPS) is 18.0. The van der Waals surface area contributed by atoms with Gasteiger partial charge in [-0.1, -0.05) is 11.6 Å². The van der Waals surface area contributed by atoms with Gasteiger partial charge < -0.3 is 0 Å². The molecule has 0 spiro atoms. The van der Waals surface area contributed by atoms with Crippen molar-refractivity contribution >= 4 is 47.6 Å². The highest BCUT2D eigenvalue weighted by molar-refractivity contribution is 8.10. The van der Waals surface area contributed by atoms with Crippen molar-refractivity contribution in [1.29, 1.82) is 0 Å². The van der Waals surface area contributed by atoms with Gasteiger partial charge in [0.15, 0.2) is 5.63 Å². The highest BCUT2D eigenvalue weighted by atomic mass is 35.5. The van der Waals surface area contributed by atoms with Gasteiger partial charge in [0.2, 0.25) is 0 Å². The van der Waals surface area contributed by atoms with Crippen LogP contribution >= 0.6 is 47.6 Å². The molecule has 0 aliphatic heterocycles. The Bertz CT molecular complexity index is 116. The molecular weight excluding hydrogens is 240 g/mol. The maximum absolute atomic E-state index is 12.1. The minimum absolute atomic E-state index is 0.252. The minimum Gasteiger partial charge on any atom is -0.229 e. The fourth-order valence-electron chi connectivity index (χ4n) is 0.258. The zero-order chi connectivity index (χ0) is 9.07. The molecule has 0 saturated heterocycles. The van der Waals surface area contributed by atoms with Gasteiger partial charge >= 0.3 is 5.38 Å². The van der Waals surface area contributed by atoms with Crippen LogP contribution in [0.3, 0.4) is 0 Å². The van der Waals surface area contributed by atoms with Crippen molar-refractivity contribution in [3.05, 3.63) is 0 Å². The molecule has 0 bridgehead atoms. The summed E-state index contributed by atoms with van der Waals surface area (Å²) in [7, 11) is 0. The number of thiol groups is 1. The van der Waals surface area contributed by atoms with E-state index in [0.717, 1.165) is 0 Å². The molecule has 0 radical (unpaired) electrons. The highest BCUT2D eigenvalue weighted by Crippen LogP contribution is 2.35. The van der Waals surface area contributed by atoms with E-state index in [2.05, 4.69) is 24.2 Å². The third-order valence-electron chi connectivity index (χ3n) is 0.660. The second-order valence-electron chi connectivity index (χ2n) is 1.62. The van der Waals surface area contributed by atoms with E-state index in [4.69, 9.17) is 11.6 Å². The summed E-state index contributed by atoms with van der Waals surface area (Å²) in [4.78, 5) is 0. The summed E-state index contributed by atoms with van der Waals surface area (Å²) in [5.74, 6) is -0.252. The Labute approximate surface area is 82.2 Å². The quantitative estimate of drug-likeness (QED) is 0.450. The van der Waals surface area contributed by atoms with Crippen LogP contribution < -0.4 is 0 Å². The van der Waals surface area contributed by atoms with Gasteiger partial charge in [0.1, 0.15) is 4.58 Å². The Kier molecular flexibility index (Phi) is 5.42. The van der Waals surface area contributed by atoms with Crippen LogP contribution in [0.15, 0.2) is 0 Å². The first kappa shape index (κ1) is 12.1. The van der Waals surface area contributed by atoms with Crippen molar-refractivity contribution in [3.63, 3.8) is 0 Å². The Morgan fingerprint density at radius 3 is 2.27 bits per heavy atom. The van der Waals surface area contributed by atoms with Crippen molar-refractivity contribution < 1.29 is 13.2 Å². The SMILES string of the molecule is FC(Cl)CSC(S)C(F)(F)Cl. The molecule has 0 heterocycles. The topological polar surface area (TPSA) is 0 Å². The van der Waals surface area contributed by atoms with Gasteiger partial charge in [-0.05, 0) is 11.6 Å². The molecule has 0 amide bonds. The number of alkyl halides is 5. The standard InChI is InChI=1S/C4H5Cl2F3S2/c5-2(7)1-11-3(10)4(6,8)9/h2-3,10H,1H2. The predicted molar refractivity (Wildman–Crippen MR) is 46.8 cm³/mol. The lowest BCUT2D eigenvalue weighted by Crippen LogP contribution is -2.19. The molecule has 0 aliphatic rings. The summed E-state index contributed by atoms with van der Waals surface area (Å²) in [6.07, 6.45) is 0. The third kappa shape index (κ3) is 6.25. The first-order chi connectivity index (χ1) is 4.84. The molecule has 0 aromatic rings. The van der Waals surface area contributed by atoms with Crippen LogP contribution in [0.1, 0.15) is 0 Å². The maximum atomic E-state index is 12.1. The van der Waals surface area contributed by atoms with E-state index < -0.39 is 15.6 Å². The molecule has 2 unspecified atom stereocenters. The summed E-state index contributed by atoms with van der Waals surface area (Å²) in [6.45, 7) is 0. The zero-order valence-corrected chi connectivity index (χ0v) is 8.33. The molecule has 0 fully saturated rings. The van der Waals surface area contributed by atoms with E-state index in [9.17, 15) is 13.2 Å². The fraction of sp³-hybridized carbons (Fsp3) is 1.00. The molecule has 0 saturated carbocycles. The monoisotopic (exact) mass is 244 g/mol. The maximum Gasteiger partial charge on any atom is 0.342 e. The van der Waals surface area contributed by atoms with Crippen LogP contribution in [0, 0.1) is 0 Å². The van der Waals surface area contributed by atoms with Crippen molar-refractivity contribution in [3.8, 4) is 0 Å². The summed E-state index contributed by atoms with van der Waals surface area (Å²) >= 11 is 13.4. The Morgan fingerprint density at radius 2 is 2.00 bits per heavy atom. The predicted octanol–water partition coefficient (Wildman–Crippen LogP) is 3.34. The van der Waals surface area contributed by atoms with Gasteiger partial charge in [0.25, 0.3) is 0 Å². The van der Waals surface area contributed by atoms with Crippen molar-refractivity contribution in [1.82, 2.24) is 0 Å². The number of halogens is 5. The lowest BCUT2D eigenvalue weighted by atomic mass is 10.8. The summed E-state index contributed by atoms with van der Waals surface area (Å²) in [5, 5.41) is -3.43. The number of hydrogen-bond acceptors (Lipinski definition) is 2. The van der Waals surface area contributed by atoms with Crippen molar-refractivity contribution in [2.24, 2.45) is 0 Å². The third-order valence-corrected chi connectivity index (χ3v) is 3.37. The average Bonchev–Trinajstić information content (AvgIpc) is 1.80. The van der Waals surface area contributed by atoms with Crippen LogP contribution in [0.5, 0.6) is 0 Å². The Morgan fingerprint density at radius 1 is 1.55 bits per heavy atom. The molecule has 0 aromatic heterocycles. The number of thioether (sulfide) groups is 1. The van der Waals surface area contributed by atoms with Gasteiger partial charge in [-0.15, -0.1) is 11.8 Å². The first-order valence-electron chi connectivity index (χ1n) is 2.48. The molecule has 0 nitrogen and oxygen atoms in total. The lowest BCUT2D eigenvalue weighted by molar-refractivity contribution is 0.116. The van der Waals surface area contributed by atoms with Crippen molar-refractivity contribution in [2.45, 2.75) is 15.6 Å². The van der Waals surface area contributed by atoms with E-state index in [-0.39, 0.29) is 5.75 Å². The summed E-state index contributed by atoms with van der Waals surface area (Å²) in [6, 6.07) is 0. The second kappa shape index (κ2) is 4.94. The molecule has 0 rings (SSSR count). The van der Waals surface area contributed by atoms with Gasteiger partial charge in [-0.25, -0.2) is 4.39 Å². The molecule has 11 heavy (non-hydrogen) atoms. The van der Waals surface area contributed by atoms with Crippen LogP contribution in [0.25, 0.3) is 0 Å². The summed E-state index contributed by atoms with van der Waals surface area (Å²) in [5.41, 5.74) is -1.64. The van der Waals surface area contributed by atoms with Crippen molar-refractivity contribution in [2.75, 3.05) is 5.75 Å². The van der Waals surface area contributed by atoms with Crippen LogP contribution in [-0.2, 0) is 0 Å². The van der Waals surface area contributed by atoms with Crippen LogP contribution in [0.2, 0.25) is 0 Å². The zero-order valence-electron chi connectivity index (χ0n) is 5.11. The molecular formula is C4H5Cl2F3S2. The Hall–Kier alpha value is 1.07. The van der Waals surface area contributed by atoms with Crippen LogP contribution in [-0.4, -0.2) is 21.3 Å². The van der Waals surface area contributed by atoms with E-state index >= 15 is 0 Å². The van der Waals surface area contributed by atoms with Gasteiger partial charge in [0.05, 0.1) is 0 Å². The van der Waals surface area contributed by atoms with Gasteiger partial charge in [-0.2, -0.15) is 21.4 Å². The van der Waals surface area contributed by atoms with E-state index in [1.807, 2.05) is 0 Å². The minimum atomic E-state index is -3.43. The second-order valence-corrected chi connectivity index (χ2v) is 4.60. The largest absolute Gasteiger partial charge is 0.342 e. The molecule has 68 valence electrons. The van der Waals surface area contributed by atoms with E-state index in [0.29, 0.717) is 11.8 Å². The fourth-order valence-corrected chi connectivity index (χ4v) is 1.44. The van der Waals surface area contributed by atoms with Crippen LogP contribution in [0.4, 0.5) is 13.2 Å². The number of hydrogen-bond donors (Lipinski definition) is 1. The first-order valence-corrected chi connectivity index (χ1v) is 4.86. The molecule has 7 heteroatoms. The van der Waals surface area contributed by atoms with E-state index in [1.165, 1.54) is 0 Å². The molecule has 0 aliphatic carbocycles. The smallest absolute Gasteiger partial charge is 0.229 e. The Balaban J connectivity index is 3.61. The molecule has 0 N–H and O–H groups in total. The van der Waals surface area contributed by atoms with E-state index in [1.54, 1.807) is 0 Å². The number of rotatable bonds is 4. The average molecular weight is 245 g/mol. The molecule has 0 aromatic carbocycles. The summed E-state index contributed by atoms with van der Waals surface area (Å²) < 4.78 is 34.6.